The van der Waals surface area contributed by atoms with Crippen LogP contribution < -0.4 is 5.73 Å². The van der Waals surface area contributed by atoms with Crippen LogP contribution in [0, 0.1) is 17.3 Å². The van der Waals surface area contributed by atoms with E-state index in [0.29, 0.717) is 25.9 Å². The highest BCUT2D eigenvalue weighted by Gasteiger charge is 2.52. The van der Waals surface area contributed by atoms with Gasteiger partial charge in [0.15, 0.2) is 0 Å². The van der Waals surface area contributed by atoms with Crippen molar-refractivity contribution in [3.63, 3.8) is 0 Å². The molecule has 2 rings (SSSR count). The van der Waals surface area contributed by atoms with Crippen molar-refractivity contribution >= 4 is 17.8 Å². The molecule has 1 aliphatic carbocycles. The van der Waals surface area contributed by atoms with Gasteiger partial charge in [0.2, 0.25) is 11.8 Å². The molecule has 2 amide bonds. The first-order valence-corrected chi connectivity index (χ1v) is 5.67. The van der Waals surface area contributed by atoms with E-state index in [1.807, 2.05) is 0 Å². The van der Waals surface area contributed by atoms with Gasteiger partial charge in [0.1, 0.15) is 0 Å². The molecule has 1 unspecified atom stereocenters. The van der Waals surface area contributed by atoms with Crippen LogP contribution in [0.3, 0.4) is 0 Å². The molecule has 1 heterocycles. The van der Waals surface area contributed by atoms with Gasteiger partial charge in [-0.1, -0.05) is 0 Å². The second-order valence-electron chi connectivity index (χ2n) is 5.22. The second kappa shape index (κ2) is 3.72. The third kappa shape index (κ3) is 1.99. The van der Waals surface area contributed by atoms with Gasteiger partial charge in [0, 0.05) is 13.1 Å². The van der Waals surface area contributed by atoms with Gasteiger partial charge in [-0.3, -0.25) is 14.4 Å². The molecule has 0 aromatic carbocycles. The lowest BCUT2D eigenvalue weighted by Gasteiger charge is -2.21. The van der Waals surface area contributed by atoms with Crippen LogP contribution in [0.25, 0.3) is 0 Å². The number of carboxylic acid groups (broad SMARTS) is 1. The number of carbonyl (C=O) groups excluding carboxylic acids is 2. The van der Waals surface area contributed by atoms with Gasteiger partial charge < -0.3 is 15.7 Å². The first kappa shape index (κ1) is 11.9. The molecule has 17 heavy (non-hydrogen) atoms. The van der Waals surface area contributed by atoms with E-state index in [2.05, 4.69) is 0 Å². The fraction of sp³-hybridized carbons (Fsp3) is 0.727. The predicted octanol–water partition coefficient (Wildman–Crippen LogP) is -0.569. The summed E-state index contributed by atoms with van der Waals surface area (Å²) in [6.07, 6.45) is 0.969. The van der Waals surface area contributed by atoms with Crippen LogP contribution in [0.4, 0.5) is 0 Å². The van der Waals surface area contributed by atoms with Gasteiger partial charge in [-0.25, -0.2) is 0 Å². The number of primary amides is 1. The third-order valence-electron chi connectivity index (χ3n) is 3.80. The van der Waals surface area contributed by atoms with Gasteiger partial charge in [-0.15, -0.1) is 0 Å². The summed E-state index contributed by atoms with van der Waals surface area (Å²) < 4.78 is 0. The maximum Gasteiger partial charge on any atom is 0.307 e. The zero-order valence-electron chi connectivity index (χ0n) is 9.68. The number of carboxylic acids is 1. The monoisotopic (exact) mass is 240 g/mol. The predicted molar refractivity (Wildman–Crippen MR) is 57.7 cm³/mol. The SMILES string of the molecule is CC1(C(N)=O)CCN(C(=O)[C@@H]2C[C@@H]2C(=O)O)C1. The zero-order chi connectivity index (χ0) is 12.8. The number of rotatable bonds is 3. The Morgan fingerprint density at radius 2 is 2.00 bits per heavy atom. The van der Waals surface area contributed by atoms with Crippen molar-refractivity contribution in [1.82, 2.24) is 4.90 Å². The number of carbonyl (C=O) groups is 3. The fourth-order valence-corrected chi connectivity index (χ4v) is 2.33. The Kier molecular flexibility index (Phi) is 2.60. The molecule has 0 aromatic rings. The van der Waals surface area contributed by atoms with Crippen molar-refractivity contribution in [2.24, 2.45) is 23.0 Å². The first-order valence-electron chi connectivity index (χ1n) is 5.67. The summed E-state index contributed by atoms with van der Waals surface area (Å²) >= 11 is 0. The summed E-state index contributed by atoms with van der Waals surface area (Å²) in [4.78, 5) is 35.4. The summed E-state index contributed by atoms with van der Waals surface area (Å²) in [5, 5.41) is 8.76. The van der Waals surface area contributed by atoms with E-state index in [9.17, 15) is 14.4 Å². The fourth-order valence-electron chi connectivity index (χ4n) is 2.33. The molecule has 6 nitrogen and oxygen atoms in total. The highest BCUT2D eigenvalue weighted by atomic mass is 16.4. The number of amides is 2. The van der Waals surface area contributed by atoms with Crippen molar-refractivity contribution in [2.45, 2.75) is 19.8 Å². The molecule has 0 spiro atoms. The average molecular weight is 240 g/mol. The first-order chi connectivity index (χ1) is 7.85. The Hall–Kier alpha value is -1.59. The lowest BCUT2D eigenvalue weighted by molar-refractivity contribution is -0.142. The number of nitrogens with zero attached hydrogens (tertiary/aromatic N) is 1. The summed E-state index contributed by atoms with van der Waals surface area (Å²) in [7, 11) is 0. The van der Waals surface area contributed by atoms with E-state index in [0.717, 1.165) is 0 Å². The number of nitrogens with two attached hydrogens (primary N) is 1. The molecule has 0 aromatic heterocycles. The minimum atomic E-state index is -0.916. The average Bonchev–Trinajstić information content (AvgIpc) is 2.95. The molecule has 2 aliphatic rings. The molecule has 6 heteroatoms. The molecule has 94 valence electrons. The minimum Gasteiger partial charge on any atom is -0.481 e. The molecule has 0 bridgehead atoms. The standard InChI is InChI=1S/C11H16N2O4/c1-11(10(12)17)2-3-13(5-11)8(14)6-4-7(6)9(15)16/h6-7H,2-5H2,1H3,(H2,12,17)(H,15,16)/t6-,7+,11?/m1/s1. The van der Waals surface area contributed by atoms with Crippen molar-refractivity contribution in [3.8, 4) is 0 Å². The molecule has 3 N–H and O–H groups in total. The van der Waals surface area contributed by atoms with Gasteiger partial charge in [0.05, 0.1) is 17.3 Å². The Morgan fingerprint density at radius 3 is 2.41 bits per heavy atom. The van der Waals surface area contributed by atoms with E-state index < -0.39 is 29.1 Å². The number of likely N-dealkylation sites (tertiary alicyclic amines) is 1. The molecule has 0 radical (unpaired) electrons. The lowest BCUT2D eigenvalue weighted by atomic mass is 9.89. The van der Waals surface area contributed by atoms with Gasteiger partial charge in [-0.05, 0) is 19.8 Å². The third-order valence-corrected chi connectivity index (χ3v) is 3.80. The molecular formula is C11H16N2O4. The summed E-state index contributed by atoms with van der Waals surface area (Å²) in [5.41, 5.74) is 4.63. The van der Waals surface area contributed by atoms with Crippen molar-refractivity contribution < 1.29 is 19.5 Å². The Balaban J connectivity index is 1.96. The Labute approximate surface area is 98.8 Å². The van der Waals surface area contributed by atoms with Crippen LogP contribution >= 0.6 is 0 Å². The highest BCUT2D eigenvalue weighted by molar-refractivity contribution is 5.90. The van der Waals surface area contributed by atoms with E-state index >= 15 is 0 Å². The quantitative estimate of drug-likeness (QED) is 0.689. The molecular weight excluding hydrogens is 224 g/mol. The lowest BCUT2D eigenvalue weighted by Crippen LogP contribution is -2.39. The van der Waals surface area contributed by atoms with Crippen molar-refractivity contribution in [3.05, 3.63) is 0 Å². The van der Waals surface area contributed by atoms with Crippen molar-refractivity contribution in [1.29, 1.82) is 0 Å². The van der Waals surface area contributed by atoms with Crippen LogP contribution in [0.1, 0.15) is 19.8 Å². The number of hydrogen-bond donors (Lipinski definition) is 2. The number of aliphatic carboxylic acids is 1. The van der Waals surface area contributed by atoms with E-state index in [-0.39, 0.29) is 5.91 Å². The largest absolute Gasteiger partial charge is 0.481 e. The summed E-state index contributed by atoms with van der Waals surface area (Å²) in [5.74, 6) is -2.41. The van der Waals surface area contributed by atoms with Crippen LogP contribution in [-0.4, -0.2) is 40.9 Å². The van der Waals surface area contributed by atoms with Crippen LogP contribution in [0.15, 0.2) is 0 Å². The van der Waals surface area contributed by atoms with Gasteiger partial charge >= 0.3 is 5.97 Å². The highest BCUT2D eigenvalue weighted by Crippen LogP contribution is 2.42. The van der Waals surface area contributed by atoms with Crippen molar-refractivity contribution in [2.75, 3.05) is 13.1 Å². The maximum absolute atomic E-state index is 11.9. The zero-order valence-corrected chi connectivity index (χ0v) is 9.68. The van der Waals surface area contributed by atoms with E-state index in [1.165, 1.54) is 0 Å². The van der Waals surface area contributed by atoms with Crippen LogP contribution in [-0.2, 0) is 14.4 Å². The maximum atomic E-state index is 11.9. The topological polar surface area (TPSA) is 101 Å². The molecule has 1 saturated carbocycles. The normalized spacial score (nSPS) is 35.7. The Morgan fingerprint density at radius 1 is 1.35 bits per heavy atom. The number of hydrogen-bond acceptors (Lipinski definition) is 3. The minimum absolute atomic E-state index is 0.151. The van der Waals surface area contributed by atoms with Crippen LogP contribution in [0.5, 0.6) is 0 Å². The molecule has 3 atom stereocenters. The van der Waals surface area contributed by atoms with Crippen LogP contribution in [0.2, 0.25) is 0 Å². The summed E-state index contributed by atoms with van der Waals surface area (Å²) in [6.45, 7) is 2.54. The molecule has 1 aliphatic heterocycles. The van der Waals surface area contributed by atoms with E-state index in [4.69, 9.17) is 10.8 Å². The van der Waals surface area contributed by atoms with Gasteiger partial charge in [0.25, 0.3) is 0 Å². The molecule has 2 fully saturated rings. The second-order valence-corrected chi connectivity index (χ2v) is 5.22. The summed E-state index contributed by atoms with van der Waals surface area (Å²) in [6, 6.07) is 0. The molecule has 1 saturated heterocycles. The van der Waals surface area contributed by atoms with E-state index in [1.54, 1.807) is 11.8 Å². The smallest absolute Gasteiger partial charge is 0.307 e. The van der Waals surface area contributed by atoms with Gasteiger partial charge in [-0.2, -0.15) is 0 Å². The Bertz CT molecular complexity index is 395.